The lowest BCUT2D eigenvalue weighted by Crippen LogP contribution is -2.29. The molecular formula is C28H37N. The van der Waals surface area contributed by atoms with E-state index in [0.29, 0.717) is 11.6 Å². The van der Waals surface area contributed by atoms with E-state index in [1.165, 1.54) is 37.7 Å². The van der Waals surface area contributed by atoms with Crippen molar-refractivity contribution < 1.29 is 0 Å². The molecule has 0 saturated heterocycles. The first kappa shape index (κ1) is 22.9. The van der Waals surface area contributed by atoms with Crippen molar-refractivity contribution in [1.29, 1.82) is 5.41 Å². The molecule has 1 aromatic carbocycles. The Morgan fingerprint density at radius 2 is 1.86 bits per heavy atom. The van der Waals surface area contributed by atoms with Gasteiger partial charge in [0.15, 0.2) is 0 Å². The van der Waals surface area contributed by atoms with E-state index in [0.717, 1.165) is 33.9 Å². The van der Waals surface area contributed by atoms with Crippen molar-refractivity contribution in [2.45, 2.75) is 59.3 Å². The zero-order chi connectivity index (χ0) is 21.2. The molecule has 1 aliphatic rings. The van der Waals surface area contributed by atoms with Crippen LogP contribution in [-0.4, -0.2) is 5.71 Å². The van der Waals surface area contributed by atoms with Gasteiger partial charge in [0.2, 0.25) is 0 Å². The molecule has 0 radical (unpaired) electrons. The quantitative estimate of drug-likeness (QED) is 0.388. The Kier molecular flexibility index (Phi) is 9.12. The van der Waals surface area contributed by atoms with Crippen molar-refractivity contribution >= 4 is 17.4 Å². The molecule has 1 atom stereocenters. The fourth-order valence-corrected chi connectivity index (χ4v) is 4.79. The number of nitrogens with one attached hydrogen (secondary N) is 1. The summed E-state index contributed by atoms with van der Waals surface area (Å²) in [4.78, 5) is 0. The molecule has 0 aliphatic heterocycles. The minimum Gasteiger partial charge on any atom is -0.300 e. The Labute approximate surface area is 177 Å². The van der Waals surface area contributed by atoms with Crippen LogP contribution in [0.15, 0.2) is 72.9 Å². The highest BCUT2D eigenvalue weighted by Crippen LogP contribution is 2.37. The molecule has 0 heterocycles. The summed E-state index contributed by atoms with van der Waals surface area (Å²) in [5.74, 6) is 1.26. The van der Waals surface area contributed by atoms with E-state index in [4.69, 9.17) is 5.41 Å². The van der Waals surface area contributed by atoms with Gasteiger partial charge in [0, 0.05) is 5.57 Å². The van der Waals surface area contributed by atoms with Gasteiger partial charge in [0.25, 0.3) is 0 Å². The molecule has 0 bridgehead atoms. The highest BCUT2D eigenvalue weighted by molar-refractivity contribution is 6.29. The van der Waals surface area contributed by atoms with Crippen LogP contribution in [0.4, 0.5) is 0 Å². The third kappa shape index (κ3) is 5.56. The summed E-state index contributed by atoms with van der Waals surface area (Å²) >= 11 is 0. The first-order chi connectivity index (χ1) is 14.1. The van der Waals surface area contributed by atoms with Gasteiger partial charge in [0.05, 0.1) is 5.71 Å². The highest BCUT2D eigenvalue weighted by Gasteiger charge is 2.26. The molecule has 1 aliphatic carbocycles. The van der Waals surface area contributed by atoms with Gasteiger partial charge >= 0.3 is 0 Å². The SMILES string of the molecule is C=C/C=C\C(C(=N)/C(C=C)=c1\cccc\c1=C\C)=C(/C)C(CC)C1CCCCC1. The van der Waals surface area contributed by atoms with E-state index < -0.39 is 0 Å². The summed E-state index contributed by atoms with van der Waals surface area (Å²) in [6.45, 7) is 14.5. The Hall–Kier alpha value is -2.41. The van der Waals surface area contributed by atoms with Crippen LogP contribution >= 0.6 is 0 Å². The Morgan fingerprint density at radius 1 is 1.17 bits per heavy atom. The molecule has 1 unspecified atom stereocenters. The summed E-state index contributed by atoms with van der Waals surface area (Å²) < 4.78 is 0. The van der Waals surface area contributed by atoms with Gasteiger partial charge in [-0.3, -0.25) is 5.41 Å². The Balaban J connectivity index is 2.65. The van der Waals surface area contributed by atoms with Crippen LogP contribution < -0.4 is 10.4 Å². The van der Waals surface area contributed by atoms with Gasteiger partial charge in [-0.25, -0.2) is 0 Å². The maximum absolute atomic E-state index is 9.14. The minimum absolute atomic E-state index is 0.527. The predicted molar refractivity (Wildman–Crippen MR) is 130 cm³/mol. The molecule has 1 nitrogen and oxygen atoms in total. The third-order valence-corrected chi connectivity index (χ3v) is 6.34. The van der Waals surface area contributed by atoms with Crippen molar-refractivity contribution in [3.8, 4) is 0 Å². The monoisotopic (exact) mass is 387 g/mol. The van der Waals surface area contributed by atoms with E-state index in [1.54, 1.807) is 6.08 Å². The topological polar surface area (TPSA) is 23.9 Å². The molecule has 2 rings (SSSR count). The van der Waals surface area contributed by atoms with Gasteiger partial charge in [-0.05, 0) is 61.0 Å². The Bertz CT molecular complexity index is 904. The molecule has 1 aromatic rings. The van der Waals surface area contributed by atoms with Crippen LogP contribution in [0.5, 0.6) is 0 Å². The highest BCUT2D eigenvalue weighted by atomic mass is 14.4. The fourth-order valence-electron chi connectivity index (χ4n) is 4.79. The normalized spacial score (nSPS) is 18.9. The molecule has 1 heteroatoms. The summed E-state index contributed by atoms with van der Waals surface area (Å²) in [6.07, 6.45) is 17.5. The lowest BCUT2D eigenvalue weighted by atomic mass is 9.74. The van der Waals surface area contributed by atoms with Crippen LogP contribution in [0.25, 0.3) is 11.6 Å². The fraction of sp³-hybridized carbons (Fsp3) is 0.393. The minimum atomic E-state index is 0.527. The van der Waals surface area contributed by atoms with Crippen LogP contribution in [0, 0.1) is 17.2 Å². The van der Waals surface area contributed by atoms with Crippen molar-refractivity contribution in [2.75, 3.05) is 0 Å². The number of benzene rings is 1. The maximum atomic E-state index is 9.14. The second kappa shape index (κ2) is 11.6. The molecule has 0 spiro atoms. The van der Waals surface area contributed by atoms with Crippen LogP contribution in [-0.2, 0) is 0 Å². The van der Waals surface area contributed by atoms with E-state index in [1.807, 2.05) is 31.2 Å². The average molecular weight is 388 g/mol. The summed E-state index contributed by atoms with van der Waals surface area (Å²) in [5, 5.41) is 11.3. The predicted octanol–water partition coefficient (Wildman–Crippen LogP) is 6.51. The van der Waals surface area contributed by atoms with Crippen molar-refractivity contribution in [3.63, 3.8) is 0 Å². The van der Waals surface area contributed by atoms with E-state index in [9.17, 15) is 0 Å². The van der Waals surface area contributed by atoms with Crippen molar-refractivity contribution in [1.82, 2.24) is 0 Å². The molecule has 29 heavy (non-hydrogen) atoms. The zero-order valence-electron chi connectivity index (χ0n) is 18.5. The van der Waals surface area contributed by atoms with E-state index in [-0.39, 0.29) is 0 Å². The zero-order valence-corrected chi connectivity index (χ0v) is 18.5. The first-order valence-electron chi connectivity index (χ1n) is 11.1. The average Bonchev–Trinajstić information content (AvgIpc) is 2.76. The molecule has 1 fully saturated rings. The van der Waals surface area contributed by atoms with Crippen molar-refractivity contribution in [3.05, 3.63) is 83.3 Å². The second-order valence-electron chi connectivity index (χ2n) is 7.97. The standard InChI is InChI=1S/C28H37N/c1-6-10-19-26(21(5)24(8-3)23-17-12-11-13-18-23)28(29)25(9-4)27-20-15-14-16-22(27)7-2/h6-7,9-10,14-16,19-20,23-24,29H,1,4,8,11-13,17-18H2,2-3,5H3/b19-10-,22-7-,26-21-,27-25+,29-28?. The summed E-state index contributed by atoms with van der Waals surface area (Å²) in [5.41, 5.74) is 3.79. The number of rotatable bonds is 8. The van der Waals surface area contributed by atoms with Crippen LogP contribution in [0.1, 0.15) is 59.3 Å². The molecule has 154 valence electrons. The smallest absolute Gasteiger partial charge is 0.0690 e. The van der Waals surface area contributed by atoms with Gasteiger partial charge in [-0.15, -0.1) is 0 Å². The third-order valence-electron chi connectivity index (χ3n) is 6.34. The number of hydrogen-bond acceptors (Lipinski definition) is 1. The second-order valence-corrected chi connectivity index (χ2v) is 7.97. The maximum Gasteiger partial charge on any atom is 0.0690 e. The lowest BCUT2D eigenvalue weighted by molar-refractivity contribution is 0.270. The summed E-state index contributed by atoms with van der Waals surface area (Å²) in [7, 11) is 0. The van der Waals surface area contributed by atoms with Crippen molar-refractivity contribution in [2.24, 2.45) is 11.8 Å². The molecule has 0 amide bonds. The number of allylic oxidation sites excluding steroid dienone is 6. The lowest BCUT2D eigenvalue weighted by Gasteiger charge is -2.31. The van der Waals surface area contributed by atoms with Gasteiger partial charge < -0.3 is 0 Å². The van der Waals surface area contributed by atoms with Crippen LogP contribution in [0.2, 0.25) is 0 Å². The number of hydrogen-bond donors (Lipinski definition) is 1. The van der Waals surface area contributed by atoms with Gasteiger partial charge in [0.1, 0.15) is 0 Å². The largest absolute Gasteiger partial charge is 0.300 e. The molecule has 1 N–H and O–H groups in total. The Morgan fingerprint density at radius 3 is 2.45 bits per heavy atom. The molecule has 1 saturated carbocycles. The molecule has 0 aromatic heterocycles. The van der Waals surface area contributed by atoms with E-state index in [2.05, 4.69) is 51.3 Å². The van der Waals surface area contributed by atoms with Crippen LogP contribution in [0.3, 0.4) is 0 Å². The molecular weight excluding hydrogens is 350 g/mol. The van der Waals surface area contributed by atoms with Gasteiger partial charge in [-0.1, -0.05) is 99.6 Å². The van der Waals surface area contributed by atoms with Gasteiger partial charge in [-0.2, -0.15) is 0 Å². The summed E-state index contributed by atoms with van der Waals surface area (Å²) in [6, 6.07) is 8.26. The first-order valence-corrected chi connectivity index (χ1v) is 11.1. The van der Waals surface area contributed by atoms with E-state index >= 15 is 0 Å².